The lowest BCUT2D eigenvalue weighted by molar-refractivity contribution is 0.0954. The highest BCUT2D eigenvalue weighted by molar-refractivity contribution is 6.30. The van der Waals surface area contributed by atoms with Gasteiger partial charge in [-0.15, -0.1) is 0 Å². The van der Waals surface area contributed by atoms with Crippen LogP contribution in [-0.4, -0.2) is 18.9 Å². The first-order chi connectivity index (χ1) is 14.2. The van der Waals surface area contributed by atoms with Crippen LogP contribution in [0.15, 0.2) is 71.8 Å². The van der Waals surface area contributed by atoms with Crippen molar-refractivity contribution in [1.82, 2.24) is 5.43 Å². The van der Waals surface area contributed by atoms with Crippen molar-refractivity contribution >= 4 is 23.7 Å². The van der Waals surface area contributed by atoms with Gasteiger partial charge in [0.2, 0.25) is 6.79 Å². The molecule has 1 aliphatic rings. The number of hydrazone groups is 1. The van der Waals surface area contributed by atoms with E-state index in [0.717, 1.165) is 16.9 Å². The minimum atomic E-state index is -0.331. The van der Waals surface area contributed by atoms with E-state index in [2.05, 4.69) is 10.5 Å². The zero-order valence-corrected chi connectivity index (χ0v) is 16.1. The maximum absolute atomic E-state index is 12.2. The fraction of sp³-hybridized carbons (Fsp3) is 0.0909. The van der Waals surface area contributed by atoms with Crippen molar-refractivity contribution in [3.8, 4) is 17.2 Å². The van der Waals surface area contributed by atoms with Gasteiger partial charge in [-0.1, -0.05) is 23.7 Å². The van der Waals surface area contributed by atoms with Crippen molar-refractivity contribution in [3.63, 3.8) is 0 Å². The molecule has 6 nitrogen and oxygen atoms in total. The maximum atomic E-state index is 12.2. The lowest BCUT2D eigenvalue weighted by atomic mass is 10.2. The third kappa shape index (κ3) is 4.86. The van der Waals surface area contributed by atoms with Gasteiger partial charge in [0.25, 0.3) is 5.91 Å². The molecule has 0 radical (unpaired) electrons. The second-order valence-corrected chi connectivity index (χ2v) is 6.69. The predicted octanol–water partition coefficient (Wildman–Crippen LogP) is 4.41. The molecule has 29 heavy (non-hydrogen) atoms. The summed E-state index contributed by atoms with van der Waals surface area (Å²) in [6, 6.07) is 19.9. The monoisotopic (exact) mass is 408 g/mol. The largest absolute Gasteiger partial charge is 0.489 e. The molecule has 146 valence electrons. The Balaban J connectivity index is 1.29. The number of nitrogens with one attached hydrogen (secondary N) is 1. The zero-order valence-electron chi connectivity index (χ0n) is 15.3. The minimum Gasteiger partial charge on any atom is -0.489 e. The Bertz CT molecular complexity index is 1030. The number of hydrogen-bond acceptors (Lipinski definition) is 5. The van der Waals surface area contributed by atoms with Gasteiger partial charge in [-0.3, -0.25) is 4.79 Å². The Hall–Kier alpha value is -3.51. The molecule has 3 aromatic carbocycles. The van der Waals surface area contributed by atoms with Crippen LogP contribution in [0, 0.1) is 0 Å². The highest BCUT2D eigenvalue weighted by atomic mass is 35.5. The molecule has 1 heterocycles. The van der Waals surface area contributed by atoms with Gasteiger partial charge >= 0.3 is 0 Å². The molecular formula is C22H17ClN2O4. The average Bonchev–Trinajstić information content (AvgIpc) is 3.22. The Kier molecular flexibility index (Phi) is 5.63. The van der Waals surface area contributed by atoms with E-state index >= 15 is 0 Å². The molecule has 3 aromatic rings. The van der Waals surface area contributed by atoms with E-state index in [1.807, 2.05) is 48.5 Å². The van der Waals surface area contributed by atoms with E-state index in [1.54, 1.807) is 24.4 Å². The molecule has 0 spiro atoms. The number of amides is 1. The standard InChI is InChI=1S/C22H17ClN2O4/c23-18-6-1-16(2-7-18)13-27-19-8-3-15(4-9-19)12-24-25-22(26)17-5-10-20-21(11-17)29-14-28-20/h1-12H,13-14H2,(H,25,26)/b24-12-. The normalized spacial score (nSPS) is 12.2. The molecule has 4 rings (SSSR count). The molecule has 0 atom stereocenters. The van der Waals surface area contributed by atoms with Gasteiger partial charge in [0.05, 0.1) is 6.21 Å². The quantitative estimate of drug-likeness (QED) is 0.484. The molecule has 0 saturated heterocycles. The van der Waals surface area contributed by atoms with Crippen LogP contribution in [0.25, 0.3) is 0 Å². The maximum Gasteiger partial charge on any atom is 0.271 e. The van der Waals surface area contributed by atoms with Crippen LogP contribution < -0.4 is 19.6 Å². The van der Waals surface area contributed by atoms with Gasteiger partial charge in [-0.2, -0.15) is 5.10 Å². The van der Waals surface area contributed by atoms with E-state index in [1.165, 1.54) is 0 Å². The summed E-state index contributed by atoms with van der Waals surface area (Å²) >= 11 is 5.87. The molecule has 1 amide bonds. The summed E-state index contributed by atoms with van der Waals surface area (Å²) in [5.41, 5.74) is 4.80. The fourth-order valence-electron chi connectivity index (χ4n) is 2.67. The van der Waals surface area contributed by atoms with Gasteiger partial charge < -0.3 is 14.2 Å². The summed E-state index contributed by atoms with van der Waals surface area (Å²) < 4.78 is 16.2. The lowest BCUT2D eigenvalue weighted by Gasteiger charge is -2.06. The number of carbonyl (C=O) groups is 1. The number of carbonyl (C=O) groups excluding carboxylic acids is 1. The molecule has 0 unspecified atom stereocenters. The molecule has 7 heteroatoms. The third-order valence-electron chi connectivity index (χ3n) is 4.21. The topological polar surface area (TPSA) is 69.2 Å². The third-order valence-corrected chi connectivity index (χ3v) is 4.47. The second-order valence-electron chi connectivity index (χ2n) is 6.25. The number of halogens is 1. The first-order valence-electron chi connectivity index (χ1n) is 8.88. The fourth-order valence-corrected chi connectivity index (χ4v) is 2.79. The van der Waals surface area contributed by atoms with Crippen LogP contribution in [0.2, 0.25) is 5.02 Å². The number of benzene rings is 3. The van der Waals surface area contributed by atoms with Crippen LogP contribution >= 0.6 is 11.6 Å². The number of rotatable bonds is 6. The van der Waals surface area contributed by atoms with Crippen molar-refractivity contribution < 1.29 is 19.0 Å². The second kappa shape index (κ2) is 8.67. The van der Waals surface area contributed by atoms with Crippen LogP contribution in [0.3, 0.4) is 0 Å². The van der Waals surface area contributed by atoms with Gasteiger partial charge in [0.1, 0.15) is 12.4 Å². The minimum absolute atomic E-state index is 0.165. The van der Waals surface area contributed by atoms with Crippen molar-refractivity contribution in [1.29, 1.82) is 0 Å². The number of hydrogen-bond donors (Lipinski definition) is 1. The van der Waals surface area contributed by atoms with E-state index < -0.39 is 0 Å². The zero-order chi connectivity index (χ0) is 20.1. The van der Waals surface area contributed by atoms with E-state index in [0.29, 0.717) is 28.7 Å². The first-order valence-corrected chi connectivity index (χ1v) is 9.25. The molecular weight excluding hydrogens is 392 g/mol. The van der Waals surface area contributed by atoms with Crippen LogP contribution in [-0.2, 0) is 6.61 Å². The van der Waals surface area contributed by atoms with Crippen LogP contribution in [0.4, 0.5) is 0 Å². The Morgan fingerprint density at radius 1 is 1.03 bits per heavy atom. The summed E-state index contributed by atoms with van der Waals surface area (Å²) in [7, 11) is 0. The highest BCUT2D eigenvalue weighted by Crippen LogP contribution is 2.32. The van der Waals surface area contributed by atoms with Crippen molar-refractivity contribution in [3.05, 3.63) is 88.4 Å². The molecule has 0 aromatic heterocycles. The Morgan fingerprint density at radius 3 is 2.59 bits per heavy atom. The summed E-state index contributed by atoms with van der Waals surface area (Å²) in [6.07, 6.45) is 1.56. The number of ether oxygens (including phenoxy) is 3. The predicted molar refractivity (Wildman–Crippen MR) is 110 cm³/mol. The van der Waals surface area contributed by atoms with Gasteiger partial charge in [-0.25, -0.2) is 5.43 Å². The van der Waals surface area contributed by atoms with Gasteiger partial charge in [-0.05, 0) is 65.7 Å². The van der Waals surface area contributed by atoms with Crippen LogP contribution in [0.5, 0.6) is 17.2 Å². The van der Waals surface area contributed by atoms with E-state index in [4.69, 9.17) is 25.8 Å². The molecule has 0 bridgehead atoms. The van der Waals surface area contributed by atoms with Crippen LogP contribution in [0.1, 0.15) is 21.5 Å². The SMILES string of the molecule is O=C(N/N=C\c1ccc(OCc2ccc(Cl)cc2)cc1)c1ccc2c(c1)OCO2. The van der Waals surface area contributed by atoms with Crippen molar-refractivity contribution in [2.75, 3.05) is 6.79 Å². The highest BCUT2D eigenvalue weighted by Gasteiger charge is 2.15. The lowest BCUT2D eigenvalue weighted by Crippen LogP contribution is -2.17. The Morgan fingerprint density at radius 2 is 1.79 bits per heavy atom. The summed E-state index contributed by atoms with van der Waals surface area (Å²) in [5, 5.41) is 4.69. The molecule has 0 aliphatic carbocycles. The number of fused-ring (bicyclic) bond motifs is 1. The molecule has 0 fully saturated rings. The molecule has 1 aliphatic heterocycles. The van der Waals surface area contributed by atoms with E-state index in [9.17, 15) is 4.79 Å². The molecule has 0 saturated carbocycles. The number of nitrogens with zero attached hydrogens (tertiary/aromatic N) is 1. The van der Waals surface area contributed by atoms with Crippen molar-refractivity contribution in [2.24, 2.45) is 5.10 Å². The van der Waals surface area contributed by atoms with Gasteiger partial charge in [0, 0.05) is 10.6 Å². The summed E-state index contributed by atoms with van der Waals surface area (Å²) in [5.74, 6) is 1.59. The smallest absolute Gasteiger partial charge is 0.271 e. The first kappa shape index (κ1) is 18.8. The van der Waals surface area contributed by atoms with Gasteiger partial charge in [0.15, 0.2) is 11.5 Å². The summed E-state index contributed by atoms with van der Waals surface area (Å²) in [4.78, 5) is 12.2. The average molecular weight is 409 g/mol. The Labute approximate surface area is 172 Å². The van der Waals surface area contributed by atoms with Crippen molar-refractivity contribution in [2.45, 2.75) is 6.61 Å². The van der Waals surface area contributed by atoms with E-state index in [-0.39, 0.29) is 12.7 Å². The summed E-state index contributed by atoms with van der Waals surface area (Å²) in [6.45, 7) is 0.619. The molecule has 1 N–H and O–H groups in total.